The fourth-order valence-corrected chi connectivity index (χ4v) is 3.44. The van der Waals surface area contributed by atoms with Crippen LogP contribution in [0.2, 0.25) is 0 Å². The number of ether oxygens (including phenoxy) is 2. The van der Waals surface area contributed by atoms with Gasteiger partial charge in [-0.05, 0) is 32.0 Å². The summed E-state index contributed by atoms with van der Waals surface area (Å²) in [5, 5.41) is 12.8. The van der Waals surface area contributed by atoms with E-state index in [2.05, 4.69) is 17.3 Å². The standard InChI is InChI=1S/C22H33N5O3/c1-23-14-18(28)15-30-19-7-5-6-16(12-19)20-13-21(25-22(24-20)26(2)3)27(4)17-8-10-29-11-9-17/h5-7,12-13,17-18,23,28H,8-11,14-15H2,1-4H3. The highest BCUT2D eigenvalue weighted by Crippen LogP contribution is 2.28. The van der Waals surface area contributed by atoms with Crippen molar-refractivity contribution in [1.82, 2.24) is 15.3 Å². The molecule has 1 saturated heterocycles. The SMILES string of the molecule is CNCC(O)COc1cccc(-c2cc(N(C)C3CCOCC3)nc(N(C)C)n2)c1. The van der Waals surface area contributed by atoms with Gasteiger partial charge in [0.1, 0.15) is 24.3 Å². The van der Waals surface area contributed by atoms with Crippen molar-refractivity contribution < 1.29 is 14.6 Å². The number of nitrogens with one attached hydrogen (secondary N) is 1. The van der Waals surface area contributed by atoms with Crippen LogP contribution in [0.5, 0.6) is 5.75 Å². The first-order valence-electron chi connectivity index (χ1n) is 10.4. The highest BCUT2D eigenvalue weighted by molar-refractivity contribution is 5.66. The Bertz CT molecular complexity index is 811. The third-order valence-corrected chi connectivity index (χ3v) is 5.21. The Hall–Kier alpha value is -2.42. The molecule has 1 unspecified atom stereocenters. The van der Waals surface area contributed by atoms with Crippen LogP contribution in [0.25, 0.3) is 11.3 Å². The smallest absolute Gasteiger partial charge is 0.227 e. The van der Waals surface area contributed by atoms with E-state index in [1.807, 2.05) is 49.3 Å². The van der Waals surface area contributed by atoms with Crippen LogP contribution >= 0.6 is 0 Å². The third kappa shape index (κ3) is 5.81. The van der Waals surface area contributed by atoms with Gasteiger partial charge in [-0.2, -0.15) is 4.98 Å². The van der Waals surface area contributed by atoms with Crippen molar-refractivity contribution >= 4 is 11.8 Å². The zero-order chi connectivity index (χ0) is 21.5. The largest absolute Gasteiger partial charge is 0.491 e. The number of benzene rings is 1. The van der Waals surface area contributed by atoms with Crippen LogP contribution in [0.3, 0.4) is 0 Å². The predicted molar refractivity (Wildman–Crippen MR) is 119 cm³/mol. The van der Waals surface area contributed by atoms with Crippen LogP contribution in [-0.2, 0) is 4.74 Å². The summed E-state index contributed by atoms with van der Waals surface area (Å²) in [6, 6.07) is 10.2. The molecule has 164 valence electrons. The van der Waals surface area contributed by atoms with Gasteiger partial charge >= 0.3 is 0 Å². The minimum Gasteiger partial charge on any atom is -0.491 e. The van der Waals surface area contributed by atoms with Crippen LogP contribution in [0.4, 0.5) is 11.8 Å². The molecule has 2 aromatic rings. The maximum atomic E-state index is 9.89. The van der Waals surface area contributed by atoms with Gasteiger partial charge in [0.25, 0.3) is 0 Å². The maximum Gasteiger partial charge on any atom is 0.227 e. The molecule has 1 atom stereocenters. The van der Waals surface area contributed by atoms with Crippen molar-refractivity contribution in [2.75, 3.05) is 64.4 Å². The average Bonchev–Trinajstić information content (AvgIpc) is 2.78. The van der Waals surface area contributed by atoms with Crippen LogP contribution in [0.1, 0.15) is 12.8 Å². The number of anilines is 2. The highest BCUT2D eigenvalue weighted by atomic mass is 16.5. The first-order chi connectivity index (χ1) is 14.5. The quantitative estimate of drug-likeness (QED) is 0.641. The Morgan fingerprint density at radius 2 is 1.97 bits per heavy atom. The molecule has 2 N–H and O–H groups in total. The molecule has 2 heterocycles. The van der Waals surface area contributed by atoms with Gasteiger partial charge in [0.15, 0.2) is 0 Å². The summed E-state index contributed by atoms with van der Waals surface area (Å²) in [6.45, 7) is 2.28. The molecule has 0 spiro atoms. The van der Waals surface area contributed by atoms with E-state index >= 15 is 0 Å². The zero-order valence-electron chi connectivity index (χ0n) is 18.3. The average molecular weight is 416 g/mol. The minimum atomic E-state index is -0.558. The molecule has 0 radical (unpaired) electrons. The normalized spacial score (nSPS) is 15.6. The number of nitrogens with zero attached hydrogens (tertiary/aromatic N) is 4. The van der Waals surface area contributed by atoms with Gasteiger partial charge < -0.3 is 29.7 Å². The van der Waals surface area contributed by atoms with E-state index in [9.17, 15) is 5.11 Å². The van der Waals surface area contributed by atoms with Crippen molar-refractivity contribution in [3.8, 4) is 17.0 Å². The molecule has 0 saturated carbocycles. The van der Waals surface area contributed by atoms with Gasteiger partial charge in [-0.3, -0.25) is 0 Å². The van der Waals surface area contributed by atoms with E-state index in [-0.39, 0.29) is 6.61 Å². The molecule has 0 aliphatic carbocycles. The Balaban J connectivity index is 1.85. The minimum absolute atomic E-state index is 0.231. The number of hydrogen-bond acceptors (Lipinski definition) is 8. The van der Waals surface area contributed by atoms with Gasteiger partial charge in [-0.1, -0.05) is 12.1 Å². The van der Waals surface area contributed by atoms with Crippen molar-refractivity contribution in [1.29, 1.82) is 0 Å². The van der Waals surface area contributed by atoms with Gasteiger partial charge in [-0.25, -0.2) is 4.98 Å². The number of likely N-dealkylation sites (N-methyl/N-ethyl adjacent to an activating group) is 1. The Kier molecular flexibility index (Phi) is 7.84. The fraction of sp³-hybridized carbons (Fsp3) is 0.545. The lowest BCUT2D eigenvalue weighted by atomic mass is 10.1. The van der Waals surface area contributed by atoms with Crippen LogP contribution in [-0.4, -0.2) is 81.8 Å². The monoisotopic (exact) mass is 415 g/mol. The number of aliphatic hydroxyl groups excluding tert-OH is 1. The Morgan fingerprint density at radius 1 is 1.20 bits per heavy atom. The fourth-order valence-electron chi connectivity index (χ4n) is 3.44. The second-order valence-electron chi connectivity index (χ2n) is 7.81. The molecule has 8 nitrogen and oxygen atoms in total. The molecule has 1 aromatic heterocycles. The third-order valence-electron chi connectivity index (χ3n) is 5.21. The topological polar surface area (TPSA) is 83.0 Å². The summed E-state index contributed by atoms with van der Waals surface area (Å²) in [7, 11) is 7.78. The van der Waals surface area contributed by atoms with Crippen molar-refractivity contribution in [2.45, 2.75) is 25.0 Å². The van der Waals surface area contributed by atoms with E-state index in [4.69, 9.17) is 19.4 Å². The number of aromatic nitrogens is 2. The Morgan fingerprint density at radius 3 is 2.67 bits per heavy atom. The lowest BCUT2D eigenvalue weighted by Crippen LogP contribution is -2.37. The van der Waals surface area contributed by atoms with Crippen LogP contribution in [0.15, 0.2) is 30.3 Å². The Labute approximate surface area is 178 Å². The molecule has 8 heteroatoms. The lowest BCUT2D eigenvalue weighted by Gasteiger charge is -2.32. The molecule has 3 rings (SSSR count). The van der Waals surface area contributed by atoms with Gasteiger partial charge in [-0.15, -0.1) is 0 Å². The van der Waals surface area contributed by atoms with Crippen LogP contribution < -0.4 is 19.9 Å². The second-order valence-corrected chi connectivity index (χ2v) is 7.81. The van der Waals surface area contributed by atoms with Crippen LogP contribution in [0, 0.1) is 0 Å². The van der Waals surface area contributed by atoms with Gasteiger partial charge in [0, 0.05) is 58.6 Å². The molecule has 0 bridgehead atoms. The molecular formula is C22H33N5O3. The summed E-state index contributed by atoms with van der Waals surface area (Å²) >= 11 is 0. The highest BCUT2D eigenvalue weighted by Gasteiger charge is 2.21. The van der Waals surface area contributed by atoms with E-state index in [1.54, 1.807) is 7.05 Å². The van der Waals surface area contributed by atoms with Gasteiger partial charge in [0.05, 0.1) is 5.69 Å². The number of rotatable bonds is 9. The van der Waals surface area contributed by atoms with E-state index in [0.717, 1.165) is 43.1 Å². The number of hydrogen-bond donors (Lipinski definition) is 2. The molecule has 1 aliphatic heterocycles. The summed E-state index contributed by atoms with van der Waals surface area (Å²) < 4.78 is 11.3. The lowest BCUT2D eigenvalue weighted by molar-refractivity contribution is 0.0853. The summed E-state index contributed by atoms with van der Waals surface area (Å²) in [6.07, 6.45) is 1.43. The molecular weight excluding hydrogens is 382 g/mol. The van der Waals surface area contributed by atoms with Gasteiger partial charge in [0.2, 0.25) is 5.95 Å². The molecule has 1 fully saturated rings. The maximum absolute atomic E-state index is 9.89. The molecule has 1 aliphatic rings. The summed E-state index contributed by atoms with van der Waals surface area (Å²) in [5.74, 6) is 2.26. The predicted octanol–water partition coefficient (Wildman–Crippen LogP) is 1.78. The molecule has 0 amide bonds. The first-order valence-corrected chi connectivity index (χ1v) is 10.4. The molecule has 30 heavy (non-hydrogen) atoms. The molecule has 1 aromatic carbocycles. The van der Waals surface area contributed by atoms with Crippen molar-refractivity contribution in [3.05, 3.63) is 30.3 Å². The summed E-state index contributed by atoms with van der Waals surface area (Å²) in [5.41, 5.74) is 1.78. The summed E-state index contributed by atoms with van der Waals surface area (Å²) in [4.78, 5) is 13.7. The van der Waals surface area contributed by atoms with Crippen molar-refractivity contribution in [3.63, 3.8) is 0 Å². The first kappa shape index (κ1) is 22.3. The zero-order valence-corrected chi connectivity index (χ0v) is 18.3. The van der Waals surface area contributed by atoms with E-state index in [1.165, 1.54) is 0 Å². The number of aliphatic hydroxyl groups is 1. The van der Waals surface area contributed by atoms with E-state index in [0.29, 0.717) is 24.3 Å². The van der Waals surface area contributed by atoms with E-state index < -0.39 is 6.10 Å². The second kappa shape index (κ2) is 10.6. The van der Waals surface area contributed by atoms with Crippen molar-refractivity contribution in [2.24, 2.45) is 0 Å².